The number of hydrogen-bond acceptors (Lipinski definition) is 6. The van der Waals surface area contributed by atoms with Crippen LogP contribution >= 0.6 is 0 Å². The first-order chi connectivity index (χ1) is 17.6. The summed E-state index contributed by atoms with van der Waals surface area (Å²) in [6.45, 7) is 2.46. The van der Waals surface area contributed by atoms with Crippen molar-refractivity contribution >= 4 is 5.91 Å². The third-order valence-corrected chi connectivity index (χ3v) is 6.75. The maximum absolute atomic E-state index is 13.4. The molecule has 2 aliphatic heterocycles. The monoisotopic (exact) mass is 492 g/mol. The molecule has 3 aromatic rings. The fraction of sp³-hybridized carbons (Fsp3) is 0.357. The Balaban J connectivity index is 1.11. The van der Waals surface area contributed by atoms with E-state index in [1.165, 1.54) is 17.7 Å². The van der Waals surface area contributed by atoms with E-state index in [1.54, 1.807) is 18.3 Å². The number of rotatable bonds is 7. The number of piperidine rings is 1. The SMILES string of the molecule is O=C(COc1cccnc1-c1ccc(F)cc1O)N1CCC(CCc2ccc3c(c2)OCCO3)CC1. The fourth-order valence-corrected chi connectivity index (χ4v) is 4.73. The van der Waals surface area contributed by atoms with Crippen LogP contribution in [0.15, 0.2) is 54.7 Å². The van der Waals surface area contributed by atoms with Crippen LogP contribution in [-0.4, -0.2) is 53.8 Å². The first kappa shape index (κ1) is 23.9. The van der Waals surface area contributed by atoms with Gasteiger partial charge < -0.3 is 24.2 Å². The lowest BCUT2D eigenvalue weighted by molar-refractivity contribution is -0.134. The number of phenolic OH excluding ortho intramolecular Hbond substituents is 1. The van der Waals surface area contributed by atoms with Gasteiger partial charge in [-0.05, 0) is 73.6 Å². The maximum Gasteiger partial charge on any atom is 0.260 e. The van der Waals surface area contributed by atoms with Gasteiger partial charge in [-0.3, -0.25) is 9.78 Å². The Labute approximate surface area is 209 Å². The van der Waals surface area contributed by atoms with Crippen LogP contribution in [0.2, 0.25) is 0 Å². The van der Waals surface area contributed by atoms with Crippen molar-refractivity contribution in [1.82, 2.24) is 9.88 Å². The van der Waals surface area contributed by atoms with Gasteiger partial charge in [0.1, 0.15) is 36.2 Å². The molecule has 1 amide bonds. The van der Waals surface area contributed by atoms with Crippen LogP contribution in [0, 0.1) is 11.7 Å². The molecular weight excluding hydrogens is 463 g/mol. The average molecular weight is 493 g/mol. The molecule has 1 saturated heterocycles. The van der Waals surface area contributed by atoms with Gasteiger partial charge in [0.2, 0.25) is 0 Å². The predicted octanol–water partition coefficient (Wildman–Crippen LogP) is 4.61. The van der Waals surface area contributed by atoms with Crippen LogP contribution in [0.1, 0.15) is 24.8 Å². The Hall–Kier alpha value is -3.81. The third-order valence-electron chi connectivity index (χ3n) is 6.75. The standard InChI is InChI=1S/C28H29FN2O5/c29-21-6-7-22(23(32)17-21)28-25(2-1-11-30-28)36-18-27(33)31-12-9-19(10-13-31)3-4-20-5-8-24-26(16-20)35-15-14-34-24/h1-2,5-8,11,16-17,19,32H,3-4,9-10,12-15,18H2. The number of fused-ring (bicyclic) bond motifs is 1. The van der Waals surface area contributed by atoms with Crippen molar-refractivity contribution in [3.63, 3.8) is 0 Å². The molecule has 1 fully saturated rings. The van der Waals surface area contributed by atoms with E-state index in [0.717, 1.165) is 43.2 Å². The van der Waals surface area contributed by atoms with Crippen molar-refractivity contribution in [2.24, 2.45) is 5.92 Å². The van der Waals surface area contributed by atoms with E-state index in [1.807, 2.05) is 11.0 Å². The number of nitrogens with zero attached hydrogens (tertiary/aromatic N) is 2. The van der Waals surface area contributed by atoms with E-state index < -0.39 is 5.82 Å². The Kier molecular flexibility index (Phi) is 7.21. The van der Waals surface area contributed by atoms with Gasteiger partial charge in [0.15, 0.2) is 18.1 Å². The second kappa shape index (κ2) is 10.8. The second-order valence-electron chi connectivity index (χ2n) is 9.14. The molecular formula is C28H29FN2O5. The van der Waals surface area contributed by atoms with Gasteiger partial charge in [0.25, 0.3) is 5.91 Å². The average Bonchev–Trinajstić information content (AvgIpc) is 2.91. The Bertz CT molecular complexity index is 1230. The molecule has 0 atom stereocenters. The molecule has 5 rings (SSSR count). The number of aromatic nitrogens is 1. The zero-order valence-corrected chi connectivity index (χ0v) is 20.0. The Morgan fingerprint density at radius 3 is 2.69 bits per heavy atom. The maximum atomic E-state index is 13.4. The highest BCUT2D eigenvalue weighted by Crippen LogP contribution is 2.35. The van der Waals surface area contributed by atoms with Crippen molar-refractivity contribution in [3.8, 4) is 34.3 Å². The molecule has 36 heavy (non-hydrogen) atoms. The van der Waals surface area contributed by atoms with Gasteiger partial charge in [-0.25, -0.2) is 4.39 Å². The number of halogens is 1. The number of hydrogen-bond donors (Lipinski definition) is 1. The number of likely N-dealkylation sites (tertiary alicyclic amines) is 1. The summed E-state index contributed by atoms with van der Waals surface area (Å²) < 4.78 is 30.4. The summed E-state index contributed by atoms with van der Waals surface area (Å²) in [5.41, 5.74) is 1.95. The number of amides is 1. The predicted molar refractivity (Wildman–Crippen MR) is 132 cm³/mol. The first-order valence-corrected chi connectivity index (χ1v) is 12.3. The molecule has 0 aliphatic carbocycles. The third kappa shape index (κ3) is 5.53. The van der Waals surface area contributed by atoms with Gasteiger partial charge in [-0.2, -0.15) is 0 Å². The lowest BCUT2D eigenvalue weighted by Gasteiger charge is -2.32. The number of carbonyl (C=O) groups excluding carboxylic acids is 1. The minimum absolute atomic E-state index is 0.0848. The number of benzene rings is 2. The summed E-state index contributed by atoms with van der Waals surface area (Å²) in [5.74, 6) is 1.70. The van der Waals surface area contributed by atoms with Gasteiger partial charge in [-0.1, -0.05) is 6.07 Å². The van der Waals surface area contributed by atoms with Crippen molar-refractivity contribution in [2.45, 2.75) is 25.7 Å². The summed E-state index contributed by atoms with van der Waals surface area (Å²) in [7, 11) is 0. The van der Waals surface area contributed by atoms with Gasteiger partial charge in [-0.15, -0.1) is 0 Å². The summed E-state index contributed by atoms with van der Waals surface area (Å²) in [4.78, 5) is 18.9. The minimum Gasteiger partial charge on any atom is -0.507 e. The van der Waals surface area contributed by atoms with E-state index in [2.05, 4.69) is 17.1 Å². The molecule has 1 aromatic heterocycles. The zero-order chi connectivity index (χ0) is 24.9. The van der Waals surface area contributed by atoms with Gasteiger partial charge >= 0.3 is 0 Å². The molecule has 3 heterocycles. The van der Waals surface area contributed by atoms with E-state index in [9.17, 15) is 14.3 Å². The van der Waals surface area contributed by atoms with Crippen molar-refractivity contribution in [3.05, 3.63) is 66.1 Å². The highest BCUT2D eigenvalue weighted by Gasteiger charge is 2.24. The molecule has 0 bridgehead atoms. The summed E-state index contributed by atoms with van der Waals surface area (Å²) in [6, 6.07) is 13.2. The topological polar surface area (TPSA) is 81.1 Å². The molecule has 2 aromatic carbocycles. The molecule has 0 spiro atoms. The Morgan fingerprint density at radius 1 is 1.08 bits per heavy atom. The minimum atomic E-state index is -0.542. The van der Waals surface area contributed by atoms with Crippen LogP contribution in [0.4, 0.5) is 4.39 Å². The first-order valence-electron chi connectivity index (χ1n) is 12.3. The normalized spacial score (nSPS) is 15.5. The fourth-order valence-electron chi connectivity index (χ4n) is 4.73. The molecule has 0 radical (unpaired) electrons. The van der Waals surface area contributed by atoms with E-state index in [-0.39, 0.29) is 18.3 Å². The van der Waals surface area contributed by atoms with Crippen LogP contribution in [0.25, 0.3) is 11.3 Å². The number of aryl methyl sites for hydroxylation is 1. The van der Waals surface area contributed by atoms with Crippen molar-refractivity contribution < 1.29 is 28.5 Å². The number of aromatic hydroxyl groups is 1. The number of ether oxygens (including phenoxy) is 3. The van der Waals surface area contributed by atoms with Crippen LogP contribution in [-0.2, 0) is 11.2 Å². The number of carbonyl (C=O) groups is 1. The second-order valence-corrected chi connectivity index (χ2v) is 9.14. The molecule has 188 valence electrons. The molecule has 7 nitrogen and oxygen atoms in total. The summed E-state index contributed by atoms with van der Waals surface area (Å²) in [5, 5.41) is 10.1. The van der Waals surface area contributed by atoms with Gasteiger partial charge in [0.05, 0.1) is 0 Å². The molecule has 2 aliphatic rings. The van der Waals surface area contributed by atoms with E-state index in [0.29, 0.717) is 49.2 Å². The zero-order valence-electron chi connectivity index (χ0n) is 20.0. The molecule has 0 saturated carbocycles. The van der Waals surface area contributed by atoms with Crippen LogP contribution < -0.4 is 14.2 Å². The highest BCUT2D eigenvalue weighted by molar-refractivity contribution is 5.78. The smallest absolute Gasteiger partial charge is 0.260 e. The number of pyridine rings is 1. The lowest BCUT2D eigenvalue weighted by Crippen LogP contribution is -2.41. The molecule has 0 unspecified atom stereocenters. The summed E-state index contributed by atoms with van der Waals surface area (Å²) in [6.07, 6.45) is 5.51. The number of phenols is 1. The Morgan fingerprint density at radius 2 is 1.89 bits per heavy atom. The van der Waals surface area contributed by atoms with Gasteiger partial charge in [0, 0.05) is 30.9 Å². The summed E-state index contributed by atoms with van der Waals surface area (Å²) >= 11 is 0. The molecule has 8 heteroatoms. The van der Waals surface area contributed by atoms with Crippen LogP contribution in [0.3, 0.4) is 0 Å². The van der Waals surface area contributed by atoms with Crippen molar-refractivity contribution in [1.29, 1.82) is 0 Å². The van der Waals surface area contributed by atoms with Crippen molar-refractivity contribution in [2.75, 3.05) is 32.9 Å². The van der Waals surface area contributed by atoms with E-state index in [4.69, 9.17) is 14.2 Å². The highest BCUT2D eigenvalue weighted by atomic mass is 19.1. The van der Waals surface area contributed by atoms with E-state index >= 15 is 0 Å². The lowest BCUT2D eigenvalue weighted by atomic mass is 9.90. The van der Waals surface area contributed by atoms with Crippen LogP contribution in [0.5, 0.6) is 23.0 Å². The quantitative estimate of drug-likeness (QED) is 0.519. The molecule has 1 N–H and O–H groups in total. The largest absolute Gasteiger partial charge is 0.507 e.